The van der Waals surface area contributed by atoms with Gasteiger partial charge in [-0.05, 0) is 0 Å². The Labute approximate surface area is 91.6 Å². The highest BCUT2D eigenvalue weighted by molar-refractivity contribution is 5.98. The summed E-state index contributed by atoms with van der Waals surface area (Å²) < 4.78 is 0. The number of rotatable bonds is 8. The van der Waals surface area contributed by atoms with Crippen LogP contribution in [0.2, 0.25) is 0 Å². The average Bonchev–Trinajstić information content (AvgIpc) is 2.16. The summed E-state index contributed by atoms with van der Waals surface area (Å²) in [5, 5.41) is 34.1. The minimum Gasteiger partial charge on any atom is -0.480 e. The topological polar surface area (TPSA) is 179 Å². The zero-order valence-corrected chi connectivity index (χ0v) is 7.97. The number of aliphatic carboxylic acids is 2. The minimum atomic E-state index is -2.93. The first-order valence-electron chi connectivity index (χ1n) is 3.74. The molecule has 0 aliphatic rings. The third-order valence-electron chi connectivity index (χ3n) is 1.65. The van der Waals surface area contributed by atoms with Gasteiger partial charge >= 0.3 is 11.9 Å². The summed E-state index contributed by atoms with van der Waals surface area (Å²) >= 11 is 0. The minimum absolute atomic E-state index is 1.42. The lowest BCUT2D eigenvalue weighted by molar-refractivity contribution is -0.769. The van der Waals surface area contributed by atoms with E-state index in [9.17, 15) is 29.8 Å². The van der Waals surface area contributed by atoms with Crippen molar-refractivity contribution in [3.8, 4) is 0 Å². The predicted molar refractivity (Wildman–Crippen MR) is 43.6 cm³/mol. The maximum absolute atomic E-state index is 10.7. The Kier molecular flexibility index (Phi) is 4.58. The Balaban J connectivity index is 4.99. The molecule has 0 rings (SSSR count). The molecule has 0 radical (unpaired) electrons. The highest BCUT2D eigenvalue weighted by Crippen LogP contribution is 2.20. The monoisotopic (exact) mass is 254 g/mol. The lowest BCUT2D eigenvalue weighted by Gasteiger charge is -2.21. The summed E-state index contributed by atoms with van der Waals surface area (Å²) in [6.45, 7) is -2.84. The second kappa shape index (κ2) is 5.43. The average molecular weight is 254 g/mol. The van der Waals surface area contributed by atoms with Gasteiger partial charge in [-0.3, -0.25) is 9.59 Å². The molecule has 0 spiro atoms. The van der Waals surface area contributed by atoms with Crippen LogP contribution in [0.4, 0.5) is 0 Å². The summed E-state index contributed by atoms with van der Waals surface area (Å²) in [6, 6.07) is 0. The van der Waals surface area contributed by atoms with Gasteiger partial charge in [-0.25, -0.2) is 0 Å². The molecule has 0 amide bonds. The molecule has 0 aliphatic carbocycles. The number of carboxylic acid groups (broad SMARTS) is 2. The zero-order valence-electron chi connectivity index (χ0n) is 7.97. The van der Waals surface area contributed by atoms with Crippen molar-refractivity contribution in [2.45, 2.75) is 0 Å². The Bertz CT molecular complexity index is 317. The van der Waals surface area contributed by atoms with Crippen LogP contribution in [-0.2, 0) is 19.3 Å². The molecule has 0 heterocycles. The lowest BCUT2D eigenvalue weighted by atomic mass is 9.90. The van der Waals surface area contributed by atoms with Crippen LogP contribution in [0.25, 0.3) is 0 Å². The van der Waals surface area contributed by atoms with Gasteiger partial charge in [0.15, 0.2) is 0 Å². The fourth-order valence-corrected chi connectivity index (χ4v) is 0.706. The molecule has 12 nitrogen and oxygen atoms in total. The third-order valence-corrected chi connectivity index (χ3v) is 1.65. The fraction of sp³-hybridized carbons (Fsp3) is 0.600. The van der Waals surface area contributed by atoms with Gasteiger partial charge in [-0.15, -0.1) is 20.2 Å². The van der Waals surface area contributed by atoms with Crippen LogP contribution in [-0.4, -0.2) is 45.5 Å². The van der Waals surface area contributed by atoms with E-state index in [4.69, 9.17) is 10.2 Å². The van der Waals surface area contributed by atoms with E-state index in [0.29, 0.717) is 0 Å². The van der Waals surface area contributed by atoms with Crippen LogP contribution in [0.15, 0.2) is 0 Å². The molecular weight excluding hydrogens is 248 g/mol. The van der Waals surface area contributed by atoms with Crippen LogP contribution in [0.5, 0.6) is 0 Å². The van der Waals surface area contributed by atoms with Gasteiger partial charge in [0.2, 0.25) is 5.41 Å². The molecule has 0 atom stereocenters. The first-order valence-corrected chi connectivity index (χ1v) is 3.74. The van der Waals surface area contributed by atoms with Gasteiger partial charge < -0.3 is 19.9 Å². The van der Waals surface area contributed by atoms with Crippen LogP contribution >= 0.6 is 0 Å². The Hall–Kier alpha value is -2.66. The maximum atomic E-state index is 10.7. The van der Waals surface area contributed by atoms with Crippen molar-refractivity contribution in [2.75, 3.05) is 13.2 Å². The number of hydrogen-bond donors (Lipinski definition) is 2. The molecule has 0 aromatic heterocycles. The van der Waals surface area contributed by atoms with Crippen LogP contribution in [0, 0.1) is 25.6 Å². The molecule has 12 heteroatoms. The molecule has 0 aromatic carbocycles. The Morgan fingerprint density at radius 2 is 1.29 bits per heavy atom. The summed E-state index contributed by atoms with van der Waals surface area (Å²) in [7, 11) is 0. The molecule has 2 N–H and O–H groups in total. The van der Waals surface area contributed by atoms with Crippen molar-refractivity contribution in [3.05, 3.63) is 20.2 Å². The van der Waals surface area contributed by atoms with E-state index in [1.54, 1.807) is 0 Å². The molecule has 17 heavy (non-hydrogen) atoms. The summed E-state index contributed by atoms with van der Waals surface area (Å²) in [5.41, 5.74) is -2.93. The van der Waals surface area contributed by atoms with E-state index < -0.39 is 40.7 Å². The number of nitrogens with zero attached hydrogens (tertiary/aromatic N) is 2. The summed E-state index contributed by atoms with van der Waals surface area (Å²) in [4.78, 5) is 48.3. The van der Waals surface area contributed by atoms with Gasteiger partial charge in [0.05, 0.1) is 0 Å². The van der Waals surface area contributed by atoms with E-state index in [2.05, 4.69) is 9.68 Å². The molecule has 0 bridgehead atoms. The van der Waals surface area contributed by atoms with Crippen molar-refractivity contribution >= 4 is 11.9 Å². The lowest BCUT2D eigenvalue weighted by Crippen LogP contribution is -2.48. The van der Waals surface area contributed by atoms with Gasteiger partial charge in [-0.1, -0.05) is 0 Å². The predicted octanol–water partition coefficient (Wildman–Crippen LogP) is -1.44. The van der Waals surface area contributed by atoms with Gasteiger partial charge in [0.1, 0.15) is 13.2 Å². The molecule has 0 aromatic rings. The van der Waals surface area contributed by atoms with Crippen molar-refractivity contribution in [1.29, 1.82) is 0 Å². The van der Waals surface area contributed by atoms with Gasteiger partial charge in [0, 0.05) is 0 Å². The standard InChI is InChI=1S/C5H6N2O10/c8-3(9)5(4(10)11,1-16-6(12)13)2-17-7(14)15/h1-2H2,(H,8,9)(H,10,11). The van der Waals surface area contributed by atoms with Crippen molar-refractivity contribution < 1.29 is 39.7 Å². The van der Waals surface area contributed by atoms with Crippen LogP contribution in [0.1, 0.15) is 0 Å². The number of carboxylic acids is 2. The van der Waals surface area contributed by atoms with Crippen molar-refractivity contribution in [2.24, 2.45) is 5.41 Å². The number of carbonyl (C=O) groups is 2. The zero-order chi connectivity index (χ0) is 13.6. The third kappa shape index (κ3) is 3.77. The molecule has 0 saturated carbocycles. The maximum Gasteiger partial charge on any atom is 0.325 e. The van der Waals surface area contributed by atoms with E-state index in [1.165, 1.54) is 0 Å². The summed E-state index contributed by atoms with van der Waals surface area (Å²) in [6.07, 6.45) is 0. The Morgan fingerprint density at radius 3 is 1.47 bits per heavy atom. The van der Waals surface area contributed by atoms with Crippen molar-refractivity contribution in [1.82, 2.24) is 0 Å². The van der Waals surface area contributed by atoms with E-state index in [0.717, 1.165) is 0 Å². The molecule has 0 aliphatic heterocycles. The molecule has 0 unspecified atom stereocenters. The SMILES string of the molecule is O=C(O)C(CO[N+](=O)[O-])(CO[N+](=O)[O-])C(=O)O. The second-order valence-corrected chi connectivity index (χ2v) is 2.69. The molecule has 0 fully saturated rings. The quantitative estimate of drug-likeness (QED) is 0.295. The fourth-order valence-electron chi connectivity index (χ4n) is 0.706. The molecular formula is C5H6N2O10. The van der Waals surface area contributed by atoms with E-state index in [-0.39, 0.29) is 0 Å². The first kappa shape index (κ1) is 14.3. The van der Waals surface area contributed by atoms with Crippen molar-refractivity contribution in [3.63, 3.8) is 0 Å². The van der Waals surface area contributed by atoms with E-state index >= 15 is 0 Å². The van der Waals surface area contributed by atoms with Crippen LogP contribution < -0.4 is 0 Å². The second-order valence-electron chi connectivity index (χ2n) is 2.69. The summed E-state index contributed by atoms with van der Waals surface area (Å²) in [5.74, 6) is -4.12. The smallest absolute Gasteiger partial charge is 0.325 e. The van der Waals surface area contributed by atoms with E-state index in [1.807, 2.05) is 0 Å². The first-order chi connectivity index (χ1) is 7.72. The molecule has 96 valence electrons. The van der Waals surface area contributed by atoms with Crippen LogP contribution in [0.3, 0.4) is 0 Å². The molecule has 0 saturated heterocycles. The largest absolute Gasteiger partial charge is 0.480 e. The Morgan fingerprint density at radius 1 is 1.00 bits per heavy atom. The normalized spacial score (nSPS) is 10.4. The number of hydrogen-bond acceptors (Lipinski definition) is 8. The highest BCUT2D eigenvalue weighted by atomic mass is 17.0. The highest BCUT2D eigenvalue weighted by Gasteiger charge is 2.49. The van der Waals surface area contributed by atoms with Gasteiger partial charge in [0.25, 0.3) is 10.2 Å². The van der Waals surface area contributed by atoms with Gasteiger partial charge in [-0.2, -0.15) is 0 Å².